The summed E-state index contributed by atoms with van der Waals surface area (Å²) in [6.45, 7) is 2.84. The number of rotatable bonds is 3. The predicted molar refractivity (Wildman–Crippen MR) is 74.2 cm³/mol. The maximum Gasteiger partial charge on any atom is 0.491 e. The lowest BCUT2D eigenvalue weighted by Crippen LogP contribution is -2.42. The number of hydrogen-bond acceptors (Lipinski definition) is 7. The predicted octanol–water partition coefficient (Wildman–Crippen LogP) is -0.363. The molecule has 116 valence electrons. The van der Waals surface area contributed by atoms with Crippen molar-refractivity contribution in [2.45, 2.75) is 19.6 Å². The van der Waals surface area contributed by atoms with Crippen molar-refractivity contribution in [3.63, 3.8) is 0 Å². The van der Waals surface area contributed by atoms with E-state index in [9.17, 15) is 14.0 Å². The zero-order chi connectivity index (χ0) is 16.5. The molecule has 0 bridgehead atoms. The number of carbonyl (C=O) groups is 2. The van der Waals surface area contributed by atoms with Gasteiger partial charge in [0.05, 0.1) is 0 Å². The molecule has 9 heteroatoms. The number of carbonyl (C=O) groups excluding carboxylic acids is 2. The Labute approximate surface area is 125 Å². The molecule has 0 radical (unpaired) electrons. The second-order valence-electron chi connectivity index (χ2n) is 4.99. The lowest BCUT2D eigenvalue weighted by molar-refractivity contribution is -0.222. The Morgan fingerprint density at radius 3 is 2.36 bits per heavy atom. The first-order valence-corrected chi connectivity index (χ1v) is 6.28. The van der Waals surface area contributed by atoms with Gasteiger partial charge in [-0.2, -0.15) is 0 Å². The summed E-state index contributed by atoms with van der Waals surface area (Å²) in [6, 6.07) is 3.43. The maximum atomic E-state index is 13.3. The van der Waals surface area contributed by atoms with Gasteiger partial charge in [0.1, 0.15) is 5.82 Å². The highest BCUT2D eigenvalue weighted by atomic mass is 19.1. The second kappa shape index (κ2) is 5.78. The molecule has 0 aromatic heterocycles. The average molecular weight is 309 g/mol. The number of cyclic esters (lactones) is 2. The zero-order valence-electron chi connectivity index (χ0n) is 11.8. The van der Waals surface area contributed by atoms with Crippen LogP contribution in [0.25, 0.3) is 0 Å². The number of benzene rings is 1. The number of nitrogens with one attached hydrogen (secondary N) is 1. The van der Waals surface area contributed by atoms with Crippen LogP contribution in [-0.2, 0) is 19.1 Å². The van der Waals surface area contributed by atoms with Gasteiger partial charge in [-0.15, -0.1) is 0 Å². The molecular weight excluding hydrogens is 296 g/mol. The normalized spacial score (nSPS) is 16.7. The van der Waals surface area contributed by atoms with Gasteiger partial charge >= 0.3 is 19.1 Å². The summed E-state index contributed by atoms with van der Waals surface area (Å²) in [5.74, 6) is -3.86. The molecule has 0 aliphatic carbocycles. The van der Waals surface area contributed by atoms with Crippen LogP contribution in [0.5, 0.6) is 0 Å². The SMILES string of the molecule is CC1(C)OC(=O)C(=CNc2ccc(F)c(B(O)O)c2)C(=O)O1. The van der Waals surface area contributed by atoms with E-state index in [0.29, 0.717) is 0 Å². The highest BCUT2D eigenvalue weighted by Crippen LogP contribution is 2.22. The second-order valence-corrected chi connectivity index (χ2v) is 4.99. The molecule has 1 aliphatic heterocycles. The van der Waals surface area contributed by atoms with Crippen molar-refractivity contribution in [2.75, 3.05) is 5.32 Å². The third-order valence-corrected chi connectivity index (χ3v) is 2.77. The van der Waals surface area contributed by atoms with E-state index in [2.05, 4.69) is 5.32 Å². The monoisotopic (exact) mass is 309 g/mol. The van der Waals surface area contributed by atoms with Crippen LogP contribution in [0.1, 0.15) is 13.8 Å². The van der Waals surface area contributed by atoms with Gasteiger partial charge < -0.3 is 24.8 Å². The van der Waals surface area contributed by atoms with Crippen molar-refractivity contribution < 1.29 is 33.5 Å². The van der Waals surface area contributed by atoms with E-state index in [1.807, 2.05) is 0 Å². The Morgan fingerprint density at radius 1 is 1.23 bits per heavy atom. The van der Waals surface area contributed by atoms with E-state index in [0.717, 1.165) is 18.3 Å². The van der Waals surface area contributed by atoms with Crippen LogP contribution in [0.3, 0.4) is 0 Å². The first-order chi connectivity index (χ1) is 10.2. The highest BCUT2D eigenvalue weighted by molar-refractivity contribution is 6.58. The van der Waals surface area contributed by atoms with Gasteiger partial charge in [-0.05, 0) is 18.2 Å². The van der Waals surface area contributed by atoms with E-state index >= 15 is 0 Å². The molecule has 1 aliphatic rings. The summed E-state index contributed by atoms with van der Waals surface area (Å²) in [5.41, 5.74) is -0.476. The fourth-order valence-electron chi connectivity index (χ4n) is 1.77. The summed E-state index contributed by atoms with van der Waals surface area (Å²) in [5, 5.41) is 20.6. The number of halogens is 1. The minimum atomic E-state index is -1.99. The fourth-order valence-corrected chi connectivity index (χ4v) is 1.77. The fraction of sp³-hybridized carbons (Fsp3) is 0.231. The van der Waals surface area contributed by atoms with Crippen LogP contribution in [-0.4, -0.2) is 34.9 Å². The molecular formula is C13H13BFNO6. The minimum absolute atomic E-state index is 0.238. The molecule has 2 rings (SSSR count). The lowest BCUT2D eigenvalue weighted by Gasteiger charge is -2.29. The molecule has 1 saturated heterocycles. The van der Waals surface area contributed by atoms with E-state index in [4.69, 9.17) is 19.5 Å². The first kappa shape index (κ1) is 16.0. The molecule has 0 atom stereocenters. The van der Waals surface area contributed by atoms with Crippen LogP contribution in [0, 0.1) is 5.82 Å². The van der Waals surface area contributed by atoms with Gasteiger partial charge in [-0.3, -0.25) is 0 Å². The van der Waals surface area contributed by atoms with E-state index < -0.39 is 30.7 Å². The van der Waals surface area contributed by atoms with Crippen molar-refractivity contribution in [2.24, 2.45) is 0 Å². The average Bonchev–Trinajstić information content (AvgIpc) is 2.37. The summed E-state index contributed by atoms with van der Waals surface area (Å²) >= 11 is 0. The van der Waals surface area contributed by atoms with Crippen molar-refractivity contribution in [3.05, 3.63) is 35.8 Å². The molecule has 7 nitrogen and oxygen atoms in total. The van der Waals surface area contributed by atoms with E-state index in [1.54, 1.807) is 0 Å². The molecule has 1 aromatic carbocycles. The Morgan fingerprint density at radius 2 is 1.82 bits per heavy atom. The quantitative estimate of drug-likeness (QED) is 0.303. The first-order valence-electron chi connectivity index (χ1n) is 6.28. The Hall–Kier alpha value is -2.39. The van der Waals surface area contributed by atoms with Crippen molar-refractivity contribution >= 4 is 30.2 Å². The smallest absolute Gasteiger partial charge is 0.423 e. The maximum absolute atomic E-state index is 13.3. The Kier molecular flexibility index (Phi) is 4.20. The summed E-state index contributed by atoms with van der Waals surface area (Å²) in [6.07, 6.45) is 1.04. The third-order valence-electron chi connectivity index (χ3n) is 2.77. The molecule has 0 saturated carbocycles. The number of esters is 2. The van der Waals surface area contributed by atoms with Crippen molar-refractivity contribution in [1.29, 1.82) is 0 Å². The molecule has 0 spiro atoms. The van der Waals surface area contributed by atoms with Crippen molar-refractivity contribution in [1.82, 2.24) is 0 Å². The highest BCUT2D eigenvalue weighted by Gasteiger charge is 2.38. The van der Waals surface area contributed by atoms with Crippen LogP contribution in [0.2, 0.25) is 0 Å². The van der Waals surface area contributed by atoms with Crippen LogP contribution in [0.4, 0.5) is 10.1 Å². The minimum Gasteiger partial charge on any atom is -0.423 e. The standard InChI is InChI=1S/C13H13BFNO6/c1-13(2)21-11(17)8(12(18)22-13)6-16-7-3-4-10(15)9(5-7)14(19)20/h3-6,16,19-20H,1-2H3. The van der Waals surface area contributed by atoms with Gasteiger partial charge in [-0.25, -0.2) is 14.0 Å². The number of hydrogen-bond donors (Lipinski definition) is 3. The largest absolute Gasteiger partial charge is 0.491 e. The van der Waals surface area contributed by atoms with Gasteiger partial charge in [0, 0.05) is 31.2 Å². The third kappa shape index (κ3) is 3.44. The Bertz CT molecular complexity index is 636. The van der Waals surface area contributed by atoms with Crippen LogP contribution < -0.4 is 10.8 Å². The molecule has 0 unspecified atom stereocenters. The number of ether oxygens (including phenoxy) is 2. The molecule has 22 heavy (non-hydrogen) atoms. The van der Waals surface area contributed by atoms with E-state index in [-0.39, 0.29) is 16.7 Å². The zero-order valence-corrected chi connectivity index (χ0v) is 11.8. The van der Waals surface area contributed by atoms with Crippen molar-refractivity contribution in [3.8, 4) is 0 Å². The molecule has 0 amide bonds. The topological polar surface area (TPSA) is 105 Å². The number of anilines is 1. The van der Waals surface area contributed by atoms with Gasteiger partial charge in [0.15, 0.2) is 5.57 Å². The van der Waals surface area contributed by atoms with Crippen LogP contribution >= 0.6 is 0 Å². The molecule has 3 N–H and O–H groups in total. The molecule has 1 aromatic rings. The van der Waals surface area contributed by atoms with E-state index in [1.165, 1.54) is 19.9 Å². The van der Waals surface area contributed by atoms with Gasteiger partial charge in [0.2, 0.25) is 0 Å². The lowest BCUT2D eigenvalue weighted by atomic mass is 9.79. The van der Waals surface area contributed by atoms with Gasteiger partial charge in [-0.1, -0.05) is 0 Å². The Balaban J connectivity index is 2.20. The van der Waals surface area contributed by atoms with Crippen LogP contribution in [0.15, 0.2) is 30.0 Å². The summed E-state index contributed by atoms with van der Waals surface area (Å²) in [4.78, 5) is 23.4. The summed E-state index contributed by atoms with van der Waals surface area (Å²) in [7, 11) is -1.99. The molecule has 1 fully saturated rings. The van der Waals surface area contributed by atoms with Gasteiger partial charge in [0.25, 0.3) is 5.79 Å². The molecule has 1 heterocycles. The summed E-state index contributed by atoms with van der Waals surface area (Å²) < 4.78 is 23.1.